The molecule has 0 amide bonds. The molecule has 0 aliphatic heterocycles. The summed E-state index contributed by atoms with van der Waals surface area (Å²) in [5, 5.41) is 0.416. The van der Waals surface area contributed by atoms with Gasteiger partial charge in [-0.2, -0.15) is 21.6 Å². The van der Waals surface area contributed by atoms with E-state index in [4.69, 9.17) is 0 Å². The van der Waals surface area contributed by atoms with Crippen LogP contribution in [0.25, 0.3) is 10.9 Å². The first kappa shape index (κ1) is 17.3. The Morgan fingerprint density at radius 1 is 1.22 bits per heavy atom. The maximum Gasteiger partial charge on any atom is 0.534 e. The molecule has 0 aliphatic carbocycles. The third-order valence-corrected chi connectivity index (χ3v) is 4.18. The molecule has 0 fully saturated rings. The Bertz CT molecular complexity index is 866. The number of fused-ring (bicyclic) bond motifs is 1. The van der Waals surface area contributed by atoms with Gasteiger partial charge in [0, 0.05) is 18.0 Å². The van der Waals surface area contributed by atoms with E-state index in [1.165, 1.54) is 17.6 Å². The van der Waals surface area contributed by atoms with Gasteiger partial charge in [-0.05, 0) is 30.2 Å². The van der Waals surface area contributed by atoms with Crippen molar-refractivity contribution in [3.05, 3.63) is 30.0 Å². The molecule has 9 heteroatoms. The molecule has 0 unspecified atom stereocenters. The second-order valence-corrected chi connectivity index (χ2v) is 6.82. The van der Waals surface area contributed by atoms with Gasteiger partial charge in [0.05, 0.1) is 5.52 Å². The number of aromatic nitrogens is 1. The maximum absolute atomic E-state index is 12.4. The van der Waals surface area contributed by atoms with Crippen molar-refractivity contribution in [1.29, 1.82) is 0 Å². The topological polar surface area (TPSA) is 65.4 Å². The fourth-order valence-corrected chi connectivity index (χ4v) is 2.67. The first-order chi connectivity index (χ1) is 10.4. The highest BCUT2D eigenvalue weighted by Gasteiger charge is 2.48. The predicted molar refractivity (Wildman–Crippen MR) is 77.9 cm³/mol. The average Bonchev–Trinajstić information content (AvgIpc) is 2.75. The van der Waals surface area contributed by atoms with Crippen molar-refractivity contribution in [2.75, 3.05) is 0 Å². The number of nitrogens with zero attached hydrogens (tertiary/aromatic N) is 1. The largest absolute Gasteiger partial charge is 0.534 e. The number of benzene rings is 1. The molecule has 0 radical (unpaired) electrons. The van der Waals surface area contributed by atoms with Gasteiger partial charge in [0.25, 0.3) is 0 Å². The number of carbonyl (C=O) groups excluding carboxylic acids is 1. The van der Waals surface area contributed by atoms with Crippen LogP contribution in [-0.4, -0.2) is 24.4 Å². The molecule has 0 atom stereocenters. The zero-order chi connectivity index (χ0) is 17.6. The molecule has 0 saturated carbocycles. The zero-order valence-corrected chi connectivity index (χ0v) is 13.3. The van der Waals surface area contributed by atoms with Crippen molar-refractivity contribution in [1.82, 2.24) is 4.57 Å². The Morgan fingerprint density at radius 2 is 1.83 bits per heavy atom. The smallest absolute Gasteiger partial charge is 0.376 e. The second kappa shape index (κ2) is 5.55. The van der Waals surface area contributed by atoms with Crippen LogP contribution >= 0.6 is 0 Å². The van der Waals surface area contributed by atoms with E-state index < -0.39 is 21.4 Å². The first-order valence-corrected chi connectivity index (χ1v) is 8.02. The summed E-state index contributed by atoms with van der Waals surface area (Å²) in [6.45, 7) is 5.09. The van der Waals surface area contributed by atoms with Crippen LogP contribution in [0.1, 0.15) is 37.2 Å². The summed E-state index contributed by atoms with van der Waals surface area (Å²) in [7, 11) is -5.73. The highest BCUT2D eigenvalue weighted by atomic mass is 32.2. The number of halogens is 3. The summed E-state index contributed by atoms with van der Waals surface area (Å²) in [4.78, 5) is 11.8. The van der Waals surface area contributed by atoms with E-state index in [0.717, 1.165) is 12.1 Å². The van der Waals surface area contributed by atoms with Gasteiger partial charge >= 0.3 is 15.6 Å². The van der Waals surface area contributed by atoms with E-state index in [0.29, 0.717) is 16.6 Å². The molecule has 23 heavy (non-hydrogen) atoms. The zero-order valence-electron chi connectivity index (χ0n) is 12.5. The highest BCUT2D eigenvalue weighted by molar-refractivity contribution is 7.88. The van der Waals surface area contributed by atoms with E-state index in [1.807, 2.05) is 13.8 Å². The summed E-state index contributed by atoms with van der Waals surface area (Å²) < 4.78 is 64.7. The minimum absolute atomic E-state index is 0.00502. The molecule has 5 nitrogen and oxygen atoms in total. The second-order valence-electron chi connectivity index (χ2n) is 5.28. The lowest BCUT2D eigenvalue weighted by atomic mass is 10.1. The fraction of sp³-hybridized carbons (Fsp3) is 0.357. The van der Waals surface area contributed by atoms with Gasteiger partial charge in [0.2, 0.25) is 5.91 Å². The van der Waals surface area contributed by atoms with E-state index >= 15 is 0 Å². The molecule has 1 aromatic carbocycles. The summed E-state index contributed by atoms with van der Waals surface area (Å²) in [5.41, 5.74) is -4.36. The van der Waals surface area contributed by atoms with Crippen LogP contribution in [0, 0.1) is 0 Å². The lowest BCUT2D eigenvalue weighted by Crippen LogP contribution is -2.28. The van der Waals surface area contributed by atoms with Crippen LogP contribution in [0.3, 0.4) is 0 Å². The van der Waals surface area contributed by atoms with Crippen molar-refractivity contribution in [2.45, 2.75) is 32.2 Å². The maximum atomic E-state index is 12.4. The van der Waals surface area contributed by atoms with Crippen molar-refractivity contribution < 1.29 is 30.6 Å². The molecule has 1 heterocycles. The summed E-state index contributed by atoms with van der Waals surface area (Å²) in [6, 6.07) is 5.21. The number of hydrogen-bond donors (Lipinski definition) is 0. The van der Waals surface area contributed by atoms with Gasteiger partial charge in [0.15, 0.2) is 0 Å². The minimum Gasteiger partial charge on any atom is -0.376 e. The normalized spacial score (nSPS) is 12.8. The fourth-order valence-electron chi connectivity index (χ4n) is 2.22. The minimum atomic E-state index is -5.73. The van der Waals surface area contributed by atoms with Crippen LogP contribution in [0.2, 0.25) is 0 Å². The lowest BCUT2D eigenvalue weighted by molar-refractivity contribution is -0.0500. The number of alkyl halides is 3. The van der Waals surface area contributed by atoms with Crippen molar-refractivity contribution in [2.24, 2.45) is 0 Å². The monoisotopic (exact) mass is 349 g/mol. The summed E-state index contributed by atoms with van der Waals surface area (Å²) >= 11 is 0. The molecule has 126 valence electrons. The van der Waals surface area contributed by atoms with Crippen molar-refractivity contribution in [3.63, 3.8) is 0 Å². The van der Waals surface area contributed by atoms with Crippen LogP contribution < -0.4 is 4.18 Å². The Balaban J connectivity index is 2.55. The van der Waals surface area contributed by atoms with Gasteiger partial charge in [-0.3, -0.25) is 9.36 Å². The van der Waals surface area contributed by atoms with Gasteiger partial charge in [-0.15, -0.1) is 0 Å². The van der Waals surface area contributed by atoms with Crippen molar-refractivity contribution in [3.8, 4) is 5.75 Å². The van der Waals surface area contributed by atoms with Crippen LogP contribution in [-0.2, 0) is 10.1 Å². The first-order valence-electron chi connectivity index (χ1n) is 6.61. The van der Waals surface area contributed by atoms with Crippen molar-refractivity contribution >= 4 is 26.9 Å². The molecule has 0 aliphatic rings. The standard InChI is InChI=1S/C14H14F3NO4S/c1-8(2)13-7-10-6-11(22-23(20,21)14(15,16)17)4-5-12(10)18(13)9(3)19/h4-8H,1-3H3. The lowest BCUT2D eigenvalue weighted by Gasteiger charge is -2.10. The third kappa shape index (κ3) is 3.19. The van der Waals surface area contributed by atoms with Crippen LogP contribution in [0.5, 0.6) is 5.75 Å². The Morgan fingerprint density at radius 3 is 2.30 bits per heavy atom. The molecule has 0 bridgehead atoms. The van der Waals surface area contributed by atoms with Crippen LogP contribution in [0.15, 0.2) is 24.3 Å². The molecule has 1 aromatic heterocycles. The number of carbonyl (C=O) groups is 1. The third-order valence-electron chi connectivity index (χ3n) is 3.20. The molecule has 0 spiro atoms. The SMILES string of the molecule is CC(=O)n1c(C(C)C)cc2cc(OS(=O)(=O)C(F)(F)F)ccc21. The Kier molecular flexibility index (Phi) is 4.18. The average molecular weight is 349 g/mol. The van der Waals surface area contributed by atoms with Gasteiger partial charge in [0.1, 0.15) is 5.75 Å². The quantitative estimate of drug-likeness (QED) is 0.627. The number of hydrogen-bond acceptors (Lipinski definition) is 4. The highest BCUT2D eigenvalue weighted by Crippen LogP contribution is 2.31. The van der Waals surface area contributed by atoms with Crippen LogP contribution in [0.4, 0.5) is 13.2 Å². The van der Waals surface area contributed by atoms with E-state index in [2.05, 4.69) is 4.18 Å². The predicted octanol–water partition coefficient (Wildman–Crippen LogP) is 3.65. The van der Waals surface area contributed by atoms with E-state index in [-0.39, 0.29) is 11.8 Å². The molecule has 2 aromatic rings. The van der Waals surface area contributed by atoms with E-state index in [9.17, 15) is 26.4 Å². The summed E-state index contributed by atoms with van der Waals surface area (Å²) in [5.74, 6) is -0.722. The van der Waals surface area contributed by atoms with Gasteiger partial charge < -0.3 is 4.18 Å². The summed E-state index contributed by atoms with van der Waals surface area (Å²) in [6.07, 6.45) is 0. The van der Waals surface area contributed by atoms with Gasteiger partial charge in [-0.1, -0.05) is 13.8 Å². The molecule has 2 rings (SSSR count). The number of rotatable bonds is 3. The van der Waals surface area contributed by atoms with Gasteiger partial charge in [-0.25, -0.2) is 0 Å². The molecular formula is C14H14F3NO4S. The Labute approximate surface area is 130 Å². The molecule has 0 N–H and O–H groups in total. The Hall–Kier alpha value is -2.03. The molecular weight excluding hydrogens is 335 g/mol. The van der Waals surface area contributed by atoms with E-state index in [1.54, 1.807) is 6.07 Å². The molecule has 0 saturated heterocycles.